The highest BCUT2D eigenvalue weighted by atomic mass is 16.5. The highest BCUT2D eigenvalue weighted by Gasteiger charge is 2.34. The van der Waals surface area contributed by atoms with E-state index in [1.54, 1.807) is 12.1 Å². The number of hydrogen-bond acceptors (Lipinski definition) is 5. The van der Waals surface area contributed by atoms with Gasteiger partial charge in [-0.2, -0.15) is 0 Å². The minimum atomic E-state index is -0.940. The third-order valence-corrected chi connectivity index (χ3v) is 5.80. The number of aromatic hydroxyl groups is 1. The lowest BCUT2D eigenvalue weighted by Crippen LogP contribution is -2.28. The van der Waals surface area contributed by atoms with E-state index in [4.69, 9.17) is 9.15 Å². The average molecular weight is 406 g/mol. The van der Waals surface area contributed by atoms with E-state index in [-0.39, 0.29) is 27.9 Å². The largest absolute Gasteiger partial charge is 0.507 e. The van der Waals surface area contributed by atoms with Crippen LogP contribution in [0.15, 0.2) is 51.2 Å². The number of ether oxygens (including phenoxy) is 1. The molecule has 30 heavy (non-hydrogen) atoms. The van der Waals surface area contributed by atoms with Gasteiger partial charge in [-0.25, -0.2) is 0 Å². The number of hydrogen-bond donors (Lipinski definition) is 2. The quantitative estimate of drug-likeness (QED) is 0.468. The molecular formula is C25H26O5. The molecule has 5 nitrogen and oxygen atoms in total. The summed E-state index contributed by atoms with van der Waals surface area (Å²) in [5, 5.41) is 22.0. The van der Waals surface area contributed by atoms with Crippen LogP contribution in [0.2, 0.25) is 0 Å². The van der Waals surface area contributed by atoms with Gasteiger partial charge in [-0.3, -0.25) is 4.79 Å². The fourth-order valence-corrected chi connectivity index (χ4v) is 4.12. The van der Waals surface area contributed by atoms with Gasteiger partial charge in [0, 0.05) is 11.5 Å². The molecule has 0 bridgehead atoms. The smallest absolute Gasteiger partial charge is 0.204 e. The topological polar surface area (TPSA) is 79.9 Å². The Morgan fingerprint density at radius 3 is 2.67 bits per heavy atom. The Hall–Kier alpha value is -3.05. The van der Waals surface area contributed by atoms with E-state index in [0.717, 1.165) is 22.3 Å². The fourth-order valence-electron chi connectivity index (χ4n) is 4.12. The molecule has 0 aliphatic carbocycles. The highest BCUT2D eigenvalue weighted by molar-refractivity contribution is 5.97. The van der Waals surface area contributed by atoms with Crippen molar-refractivity contribution in [2.45, 2.75) is 40.2 Å². The van der Waals surface area contributed by atoms with Crippen molar-refractivity contribution in [3.05, 3.63) is 68.9 Å². The van der Waals surface area contributed by atoms with Crippen molar-refractivity contribution < 1.29 is 19.4 Å². The third kappa shape index (κ3) is 3.10. The van der Waals surface area contributed by atoms with Gasteiger partial charge in [0.2, 0.25) is 5.43 Å². The molecular weight excluding hydrogens is 380 g/mol. The van der Waals surface area contributed by atoms with Crippen LogP contribution in [0.4, 0.5) is 0 Å². The van der Waals surface area contributed by atoms with E-state index in [1.165, 1.54) is 6.07 Å². The SMILES string of the molecule is C=C(C)C1COc2c(C)cc3oc4c(CC=C(C)C)ccc(O)c4c(=O)c3c2C1O. The van der Waals surface area contributed by atoms with Gasteiger partial charge >= 0.3 is 0 Å². The predicted molar refractivity (Wildman–Crippen MR) is 118 cm³/mol. The second-order valence-corrected chi connectivity index (χ2v) is 8.38. The number of fused-ring (bicyclic) bond motifs is 4. The molecule has 2 aromatic carbocycles. The number of allylic oxidation sites excluding steroid dienone is 2. The minimum Gasteiger partial charge on any atom is -0.507 e. The first-order valence-corrected chi connectivity index (χ1v) is 10.0. The lowest BCUT2D eigenvalue weighted by atomic mass is 9.85. The molecule has 2 unspecified atom stereocenters. The Balaban J connectivity index is 2.10. The van der Waals surface area contributed by atoms with Crippen LogP contribution in [-0.2, 0) is 6.42 Å². The van der Waals surface area contributed by atoms with Gasteiger partial charge in [0.05, 0.1) is 18.1 Å². The second kappa shape index (κ2) is 7.33. The highest BCUT2D eigenvalue weighted by Crippen LogP contribution is 2.44. The van der Waals surface area contributed by atoms with Crippen LogP contribution in [0, 0.1) is 12.8 Å². The number of rotatable bonds is 3. The molecule has 1 aromatic heterocycles. The van der Waals surface area contributed by atoms with Crippen LogP contribution in [-0.4, -0.2) is 16.8 Å². The molecule has 1 aliphatic heterocycles. The normalized spacial score (nSPS) is 18.2. The number of aryl methyl sites for hydroxylation is 1. The summed E-state index contributed by atoms with van der Waals surface area (Å²) in [5.74, 6) is 0.0353. The van der Waals surface area contributed by atoms with Gasteiger partial charge in [-0.15, -0.1) is 0 Å². The molecule has 0 radical (unpaired) electrons. The molecule has 2 N–H and O–H groups in total. The van der Waals surface area contributed by atoms with Crippen molar-refractivity contribution in [2.75, 3.05) is 6.61 Å². The van der Waals surface area contributed by atoms with Gasteiger partial charge in [-0.05, 0) is 57.4 Å². The van der Waals surface area contributed by atoms with Crippen LogP contribution in [0.1, 0.15) is 43.6 Å². The van der Waals surface area contributed by atoms with E-state index in [0.29, 0.717) is 35.5 Å². The summed E-state index contributed by atoms with van der Waals surface area (Å²) in [5.41, 5.74) is 4.30. The molecule has 0 spiro atoms. The summed E-state index contributed by atoms with van der Waals surface area (Å²) in [7, 11) is 0. The Labute approximate surface area is 174 Å². The van der Waals surface area contributed by atoms with Crippen molar-refractivity contribution in [1.82, 2.24) is 0 Å². The van der Waals surface area contributed by atoms with Crippen LogP contribution in [0.3, 0.4) is 0 Å². The van der Waals surface area contributed by atoms with Crippen molar-refractivity contribution in [3.8, 4) is 11.5 Å². The molecule has 0 fully saturated rings. The van der Waals surface area contributed by atoms with Gasteiger partial charge < -0.3 is 19.4 Å². The molecule has 4 rings (SSSR count). The van der Waals surface area contributed by atoms with Gasteiger partial charge in [0.25, 0.3) is 0 Å². The maximum atomic E-state index is 13.6. The molecule has 2 heterocycles. The number of aliphatic hydroxyl groups excluding tert-OH is 1. The van der Waals surface area contributed by atoms with E-state index < -0.39 is 6.10 Å². The van der Waals surface area contributed by atoms with Crippen molar-refractivity contribution in [1.29, 1.82) is 0 Å². The molecule has 2 atom stereocenters. The van der Waals surface area contributed by atoms with Gasteiger partial charge in [-0.1, -0.05) is 29.9 Å². The first kappa shape index (κ1) is 20.2. The predicted octanol–water partition coefficient (Wildman–Crippen LogP) is 5.09. The summed E-state index contributed by atoms with van der Waals surface area (Å²) in [4.78, 5) is 13.6. The van der Waals surface area contributed by atoms with E-state index in [2.05, 4.69) is 6.58 Å². The van der Waals surface area contributed by atoms with Crippen LogP contribution < -0.4 is 10.2 Å². The minimum absolute atomic E-state index is 0.123. The van der Waals surface area contributed by atoms with Gasteiger partial charge in [0.1, 0.15) is 28.1 Å². The van der Waals surface area contributed by atoms with Crippen molar-refractivity contribution in [2.24, 2.45) is 5.92 Å². The van der Waals surface area contributed by atoms with Crippen molar-refractivity contribution >= 4 is 21.9 Å². The molecule has 0 saturated heterocycles. The maximum Gasteiger partial charge on any atom is 0.204 e. The average Bonchev–Trinajstić information content (AvgIpc) is 2.67. The Bertz CT molecular complexity index is 1270. The summed E-state index contributed by atoms with van der Waals surface area (Å²) >= 11 is 0. The Morgan fingerprint density at radius 1 is 1.27 bits per heavy atom. The van der Waals surface area contributed by atoms with E-state index >= 15 is 0 Å². The maximum absolute atomic E-state index is 13.6. The first-order chi connectivity index (χ1) is 14.2. The zero-order chi connectivity index (χ0) is 21.7. The number of benzene rings is 2. The van der Waals surface area contributed by atoms with Crippen LogP contribution >= 0.6 is 0 Å². The zero-order valence-corrected chi connectivity index (χ0v) is 17.7. The summed E-state index contributed by atoms with van der Waals surface area (Å²) < 4.78 is 12.1. The number of phenols is 1. The molecule has 5 heteroatoms. The monoisotopic (exact) mass is 406 g/mol. The lowest BCUT2D eigenvalue weighted by molar-refractivity contribution is 0.0701. The summed E-state index contributed by atoms with van der Waals surface area (Å²) in [6.45, 7) is 12.0. The van der Waals surface area contributed by atoms with Gasteiger partial charge in [0.15, 0.2) is 0 Å². The molecule has 3 aromatic rings. The summed E-state index contributed by atoms with van der Waals surface area (Å²) in [6, 6.07) is 5.05. The standard InChI is InChI=1S/C25H26O5/c1-12(2)6-7-15-8-9-17(26)19-23(28)20-18(30-25(15)19)10-14(5)24-21(20)22(27)16(11-29-24)13(3)4/h6,8-10,16,22,26-27H,3,7,11H2,1-2,4-5H3. The first-order valence-electron chi connectivity index (χ1n) is 10.0. The third-order valence-electron chi connectivity index (χ3n) is 5.80. The number of aliphatic hydroxyl groups is 1. The van der Waals surface area contributed by atoms with E-state index in [1.807, 2.05) is 33.8 Å². The Morgan fingerprint density at radius 2 is 2.00 bits per heavy atom. The second-order valence-electron chi connectivity index (χ2n) is 8.38. The van der Waals surface area contributed by atoms with Crippen molar-refractivity contribution in [3.63, 3.8) is 0 Å². The fraction of sp³-hybridized carbons (Fsp3) is 0.320. The molecule has 0 amide bonds. The van der Waals surface area contributed by atoms with Crippen LogP contribution in [0.25, 0.3) is 21.9 Å². The number of phenolic OH excluding ortho intramolecular Hbond substituents is 1. The molecule has 0 saturated carbocycles. The molecule has 156 valence electrons. The van der Waals surface area contributed by atoms with E-state index in [9.17, 15) is 15.0 Å². The Kier molecular flexibility index (Phi) is 4.94. The zero-order valence-electron chi connectivity index (χ0n) is 17.7. The molecule has 1 aliphatic rings. The lowest BCUT2D eigenvalue weighted by Gasteiger charge is -2.32. The summed E-state index contributed by atoms with van der Waals surface area (Å²) in [6.07, 6.45) is 1.69. The van der Waals surface area contributed by atoms with Crippen LogP contribution in [0.5, 0.6) is 11.5 Å².